The number of aryl methyl sites for hydroxylation is 3. The van der Waals surface area contributed by atoms with Gasteiger partial charge in [0.15, 0.2) is 11.5 Å². The molecular weight excluding hydrogens is 436 g/mol. The van der Waals surface area contributed by atoms with E-state index in [9.17, 15) is 9.59 Å². The lowest BCUT2D eigenvalue weighted by molar-refractivity contribution is -0.116. The molecule has 0 aliphatic carbocycles. The summed E-state index contributed by atoms with van der Waals surface area (Å²) in [4.78, 5) is 30.4. The van der Waals surface area contributed by atoms with Crippen molar-refractivity contribution in [3.8, 4) is 34.3 Å². The molecular formula is C25H22N4O5. The zero-order valence-corrected chi connectivity index (χ0v) is 18.9. The number of ether oxygens (including phenoxy) is 2. The number of carbonyl (C=O) groups is 1. The average molecular weight is 458 g/mol. The van der Waals surface area contributed by atoms with Crippen LogP contribution in [-0.2, 0) is 11.3 Å². The highest BCUT2D eigenvalue weighted by Crippen LogP contribution is 2.35. The number of carbonyl (C=O) groups excluding carboxylic acids is 1. The first-order chi connectivity index (χ1) is 16.4. The summed E-state index contributed by atoms with van der Waals surface area (Å²) >= 11 is 0. The minimum atomic E-state index is -0.377. The van der Waals surface area contributed by atoms with Crippen LogP contribution in [0.25, 0.3) is 22.8 Å². The van der Waals surface area contributed by atoms with E-state index in [-0.39, 0.29) is 36.3 Å². The molecule has 0 spiro atoms. The highest BCUT2D eigenvalue weighted by molar-refractivity contribution is 5.90. The number of rotatable bonds is 5. The third-order valence-corrected chi connectivity index (χ3v) is 5.61. The molecule has 5 rings (SSSR count). The van der Waals surface area contributed by atoms with Crippen LogP contribution in [0, 0.1) is 20.8 Å². The van der Waals surface area contributed by atoms with Crippen molar-refractivity contribution in [3.63, 3.8) is 0 Å². The average Bonchev–Trinajstić information content (AvgIpc) is 3.47. The quantitative estimate of drug-likeness (QED) is 0.484. The topological polar surface area (TPSA) is 108 Å². The third kappa shape index (κ3) is 4.03. The number of nitrogens with zero attached hydrogens (tertiary/aromatic N) is 3. The number of hydrogen-bond donors (Lipinski definition) is 1. The van der Waals surface area contributed by atoms with Gasteiger partial charge in [-0.1, -0.05) is 22.9 Å². The number of anilines is 1. The Bertz CT molecular complexity index is 1450. The molecule has 9 heteroatoms. The summed E-state index contributed by atoms with van der Waals surface area (Å²) in [7, 11) is 0. The number of fused-ring (bicyclic) bond motifs is 1. The van der Waals surface area contributed by atoms with Gasteiger partial charge in [0.1, 0.15) is 12.1 Å². The molecule has 0 saturated heterocycles. The van der Waals surface area contributed by atoms with E-state index >= 15 is 0 Å². The Labute approximate surface area is 195 Å². The predicted octanol–water partition coefficient (Wildman–Crippen LogP) is 3.86. The standard InChI is InChI=1S/C25H22N4O5/c1-14-4-7-18(8-5-14)26-21(30)12-29-16(3)10-15(2)22(25(29)31)24-27-23(28-34-24)17-6-9-19-20(11-17)33-13-32-19/h4-11H,12-13H2,1-3H3,(H,26,30). The summed E-state index contributed by atoms with van der Waals surface area (Å²) in [5.74, 6) is 1.33. The summed E-state index contributed by atoms with van der Waals surface area (Å²) in [6.07, 6.45) is 0. The van der Waals surface area contributed by atoms with E-state index in [4.69, 9.17) is 14.0 Å². The highest BCUT2D eigenvalue weighted by Gasteiger charge is 2.21. The molecule has 1 aliphatic rings. The summed E-state index contributed by atoms with van der Waals surface area (Å²) in [5.41, 5.74) is 3.64. The molecule has 1 N–H and O–H groups in total. The molecule has 2 aromatic heterocycles. The van der Waals surface area contributed by atoms with Gasteiger partial charge in [0.2, 0.25) is 18.5 Å². The number of aromatic nitrogens is 3. The maximum absolute atomic E-state index is 13.4. The van der Waals surface area contributed by atoms with Gasteiger partial charge in [0.05, 0.1) is 0 Å². The van der Waals surface area contributed by atoms with Crippen molar-refractivity contribution in [1.29, 1.82) is 0 Å². The lowest BCUT2D eigenvalue weighted by Crippen LogP contribution is -2.30. The predicted molar refractivity (Wildman–Crippen MR) is 125 cm³/mol. The van der Waals surface area contributed by atoms with Crippen molar-refractivity contribution in [3.05, 3.63) is 75.7 Å². The molecule has 0 radical (unpaired) electrons. The molecule has 0 bridgehead atoms. The maximum atomic E-state index is 13.4. The van der Waals surface area contributed by atoms with Crippen LogP contribution < -0.4 is 20.3 Å². The first-order valence-electron chi connectivity index (χ1n) is 10.7. The molecule has 1 amide bonds. The number of benzene rings is 2. The first kappa shape index (κ1) is 21.4. The van der Waals surface area contributed by atoms with Crippen molar-refractivity contribution in [2.75, 3.05) is 12.1 Å². The van der Waals surface area contributed by atoms with Crippen LogP contribution in [0.2, 0.25) is 0 Å². The van der Waals surface area contributed by atoms with Crippen LogP contribution in [-0.4, -0.2) is 27.4 Å². The first-order valence-corrected chi connectivity index (χ1v) is 10.7. The number of nitrogens with one attached hydrogen (secondary N) is 1. The molecule has 9 nitrogen and oxygen atoms in total. The summed E-state index contributed by atoms with van der Waals surface area (Å²) in [6.45, 7) is 5.57. The van der Waals surface area contributed by atoms with Crippen LogP contribution in [0.1, 0.15) is 16.8 Å². The normalized spacial score (nSPS) is 12.1. The molecule has 0 saturated carbocycles. The fraction of sp³-hybridized carbons (Fsp3) is 0.200. The smallest absolute Gasteiger partial charge is 0.264 e. The van der Waals surface area contributed by atoms with Gasteiger partial charge in [-0.25, -0.2) is 0 Å². The van der Waals surface area contributed by atoms with Crippen LogP contribution in [0.3, 0.4) is 0 Å². The number of pyridine rings is 1. The highest BCUT2D eigenvalue weighted by atomic mass is 16.7. The van der Waals surface area contributed by atoms with Crippen LogP contribution in [0.5, 0.6) is 11.5 Å². The van der Waals surface area contributed by atoms with E-state index in [1.807, 2.05) is 37.3 Å². The molecule has 4 aromatic rings. The van der Waals surface area contributed by atoms with Crippen molar-refractivity contribution in [2.24, 2.45) is 0 Å². The van der Waals surface area contributed by atoms with Gasteiger partial charge in [-0.05, 0) is 62.7 Å². The van der Waals surface area contributed by atoms with E-state index in [1.165, 1.54) is 4.57 Å². The number of amides is 1. The second kappa shape index (κ2) is 8.51. The van der Waals surface area contributed by atoms with Gasteiger partial charge in [0.25, 0.3) is 11.4 Å². The Hall–Kier alpha value is -4.40. The summed E-state index contributed by atoms with van der Waals surface area (Å²) in [5, 5.41) is 6.86. The van der Waals surface area contributed by atoms with Crippen molar-refractivity contribution in [1.82, 2.24) is 14.7 Å². The molecule has 3 heterocycles. The Balaban J connectivity index is 1.44. The third-order valence-electron chi connectivity index (χ3n) is 5.61. The van der Waals surface area contributed by atoms with Crippen molar-refractivity contribution in [2.45, 2.75) is 27.3 Å². The lowest BCUT2D eigenvalue weighted by atomic mass is 10.1. The van der Waals surface area contributed by atoms with Crippen LogP contribution in [0.15, 0.2) is 57.8 Å². The van der Waals surface area contributed by atoms with E-state index in [0.717, 1.165) is 5.56 Å². The minimum Gasteiger partial charge on any atom is -0.454 e. The Morgan fingerprint density at radius 2 is 1.79 bits per heavy atom. The SMILES string of the molecule is Cc1ccc(NC(=O)Cn2c(C)cc(C)c(-c3nc(-c4ccc5c(c4)OCO5)no3)c2=O)cc1. The van der Waals surface area contributed by atoms with Gasteiger partial charge >= 0.3 is 0 Å². The Kier molecular flexibility index (Phi) is 5.37. The van der Waals surface area contributed by atoms with Gasteiger partial charge in [-0.15, -0.1) is 0 Å². The van der Waals surface area contributed by atoms with Crippen molar-refractivity contribution >= 4 is 11.6 Å². The Morgan fingerprint density at radius 1 is 1.03 bits per heavy atom. The zero-order valence-electron chi connectivity index (χ0n) is 18.9. The summed E-state index contributed by atoms with van der Waals surface area (Å²) < 4.78 is 17.6. The lowest BCUT2D eigenvalue weighted by Gasteiger charge is -2.13. The second-order valence-corrected chi connectivity index (χ2v) is 8.14. The van der Waals surface area contributed by atoms with Gasteiger partial charge in [0, 0.05) is 16.9 Å². The van der Waals surface area contributed by atoms with E-state index in [1.54, 1.807) is 32.0 Å². The largest absolute Gasteiger partial charge is 0.454 e. The Morgan fingerprint density at radius 3 is 2.59 bits per heavy atom. The van der Waals surface area contributed by atoms with Crippen LogP contribution in [0.4, 0.5) is 5.69 Å². The van der Waals surface area contributed by atoms with Gasteiger partial charge in [-0.3, -0.25) is 9.59 Å². The minimum absolute atomic E-state index is 0.0860. The van der Waals surface area contributed by atoms with E-state index < -0.39 is 0 Å². The molecule has 0 atom stereocenters. The molecule has 0 fully saturated rings. The fourth-order valence-corrected chi connectivity index (χ4v) is 3.84. The zero-order chi connectivity index (χ0) is 23.8. The van der Waals surface area contributed by atoms with Gasteiger partial charge in [-0.2, -0.15) is 4.98 Å². The maximum Gasteiger partial charge on any atom is 0.264 e. The molecule has 2 aromatic carbocycles. The fourth-order valence-electron chi connectivity index (χ4n) is 3.84. The molecule has 0 unspecified atom stereocenters. The van der Waals surface area contributed by atoms with Crippen LogP contribution >= 0.6 is 0 Å². The summed E-state index contributed by atoms with van der Waals surface area (Å²) in [6, 6.07) is 14.6. The second-order valence-electron chi connectivity index (χ2n) is 8.14. The number of hydrogen-bond acceptors (Lipinski definition) is 7. The molecule has 34 heavy (non-hydrogen) atoms. The molecule has 1 aliphatic heterocycles. The van der Waals surface area contributed by atoms with E-state index in [2.05, 4.69) is 15.5 Å². The van der Waals surface area contributed by atoms with E-state index in [0.29, 0.717) is 39.8 Å². The van der Waals surface area contributed by atoms with Gasteiger partial charge < -0.3 is 23.9 Å². The monoisotopic (exact) mass is 458 g/mol. The molecule has 172 valence electrons. The van der Waals surface area contributed by atoms with Crippen molar-refractivity contribution < 1.29 is 18.8 Å².